The fourth-order valence-corrected chi connectivity index (χ4v) is 3.15. The summed E-state index contributed by atoms with van der Waals surface area (Å²) in [6.45, 7) is 2.60. The number of carbonyl (C=O) groups is 1. The maximum Gasteiger partial charge on any atom is 0.222 e. The van der Waals surface area contributed by atoms with Crippen LogP contribution in [-0.4, -0.2) is 30.0 Å². The van der Waals surface area contributed by atoms with Gasteiger partial charge in [-0.05, 0) is 13.0 Å². The van der Waals surface area contributed by atoms with E-state index in [0.29, 0.717) is 12.0 Å². The summed E-state index contributed by atoms with van der Waals surface area (Å²) in [7, 11) is 0. The number of hydrogen-bond acceptors (Lipinski definition) is 3. The number of halogens is 2. The normalized spacial score (nSPS) is 20.4. The third-order valence-corrected chi connectivity index (χ3v) is 4.37. The molecule has 2 unspecified atom stereocenters. The van der Waals surface area contributed by atoms with Crippen molar-refractivity contribution in [2.45, 2.75) is 25.4 Å². The summed E-state index contributed by atoms with van der Waals surface area (Å²) in [4.78, 5) is 11.9. The molecule has 1 fully saturated rings. The molecule has 2 atom stereocenters. The zero-order valence-corrected chi connectivity index (χ0v) is 12.1. The molecule has 1 aliphatic heterocycles. The highest BCUT2D eigenvalue weighted by molar-refractivity contribution is 7.99. The van der Waals surface area contributed by atoms with Crippen LogP contribution in [0.4, 0.5) is 8.78 Å². The van der Waals surface area contributed by atoms with Crippen molar-refractivity contribution in [2.75, 3.05) is 18.1 Å². The van der Waals surface area contributed by atoms with Crippen LogP contribution in [0.3, 0.4) is 0 Å². The molecule has 1 aromatic carbocycles. The first-order valence-corrected chi connectivity index (χ1v) is 7.77. The summed E-state index contributed by atoms with van der Waals surface area (Å²) in [5, 5.41) is 6.03. The third-order valence-electron chi connectivity index (χ3n) is 3.24. The predicted octanol–water partition coefficient (Wildman–Crippen LogP) is 2.24. The van der Waals surface area contributed by atoms with Crippen molar-refractivity contribution in [3.63, 3.8) is 0 Å². The number of benzene rings is 1. The van der Waals surface area contributed by atoms with E-state index in [9.17, 15) is 13.6 Å². The molecule has 1 aliphatic rings. The number of carbonyl (C=O) groups excluding carboxylic acids is 1. The van der Waals surface area contributed by atoms with Gasteiger partial charge in [0.25, 0.3) is 0 Å². The highest BCUT2D eigenvalue weighted by Crippen LogP contribution is 2.18. The van der Waals surface area contributed by atoms with Gasteiger partial charge in [0.05, 0.1) is 6.04 Å². The second-order valence-corrected chi connectivity index (χ2v) is 6.03. The van der Waals surface area contributed by atoms with Gasteiger partial charge in [-0.3, -0.25) is 4.79 Å². The molecule has 0 aromatic heterocycles. The molecule has 0 aliphatic carbocycles. The molecule has 2 rings (SSSR count). The Bertz CT molecular complexity index is 478. The zero-order valence-electron chi connectivity index (χ0n) is 11.3. The van der Waals surface area contributed by atoms with Gasteiger partial charge in [-0.15, -0.1) is 0 Å². The van der Waals surface area contributed by atoms with Crippen molar-refractivity contribution in [3.8, 4) is 0 Å². The zero-order chi connectivity index (χ0) is 14.5. The van der Waals surface area contributed by atoms with Crippen LogP contribution in [0.2, 0.25) is 0 Å². The Morgan fingerprint density at radius 3 is 3.00 bits per heavy atom. The molecule has 0 radical (unpaired) electrons. The van der Waals surface area contributed by atoms with Gasteiger partial charge in [-0.1, -0.05) is 6.07 Å². The van der Waals surface area contributed by atoms with Crippen molar-refractivity contribution in [1.82, 2.24) is 10.6 Å². The van der Waals surface area contributed by atoms with E-state index in [4.69, 9.17) is 0 Å². The lowest BCUT2D eigenvalue weighted by molar-refractivity contribution is -0.122. The quantitative estimate of drug-likeness (QED) is 0.896. The van der Waals surface area contributed by atoms with E-state index in [1.807, 2.05) is 11.8 Å². The number of nitrogens with one attached hydrogen (secondary N) is 2. The van der Waals surface area contributed by atoms with Crippen molar-refractivity contribution in [3.05, 3.63) is 35.4 Å². The molecule has 2 N–H and O–H groups in total. The van der Waals surface area contributed by atoms with Crippen LogP contribution >= 0.6 is 11.8 Å². The summed E-state index contributed by atoms with van der Waals surface area (Å²) < 4.78 is 26.4. The van der Waals surface area contributed by atoms with Gasteiger partial charge < -0.3 is 10.6 Å². The molecular formula is C14H18F2N2OS. The van der Waals surface area contributed by atoms with Crippen molar-refractivity contribution < 1.29 is 13.6 Å². The second kappa shape index (κ2) is 7.04. The Morgan fingerprint density at radius 2 is 2.35 bits per heavy atom. The minimum absolute atomic E-state index is 0.124. The average Bonchev–Trinajstić information content (AvgIpc) is 2.39. The molecular weight excluding hydrogens is 282 g/mol. The average molecular weight is 300 g/mol. The SMILES string of the molecule is CC(NC(=O)CC1CSCCN1)c1ccc(F)cc1F. The van der Waals surface area contributed by atoms with Crippen molar-refractivity contribution in [1.29, 1.82) is 0 Å². The Labute approximate surface area is 121 Å². The molecule has 1 saturated heterocycles. The van der Waals surface area contributed by atoms with E-state index < -0.39 is 17.7 Å². The van der Waals surface area contributed by atoms with Gasteiger partial charge in [0.2, 0.25) is 5.91 Å². The van der Waals surface area contributed by atoms with E-state index >= 15 is 0 Å². The maximum absolute atomic E-state index is 13.6. The number of rotatable bonds is 4. The van der Waals surface area contributed by atoms with E-state index in [1.165, 1.54) is 12.1 Å². The molecule has 0 saturated carbocycles. The van der Waals surface area contributed by atoms with Gasteiger partial charge in [-0.2, -0.15) is 11.8 Å². The molecule has 6 heteroatoms. The minimum atomic E-state index is -0.635. The Hall–Kier alpha value is -1.14. The number of amides is 1. The van der Waals surface area contributed by atoms with Crippen LogP contribution < -0.4 is 10.6 Å². The second-order valence-electron chi connectivity index (χ2n) is 4.89. The molecule has 1 amide bonds. The number of thioether (sulfide) groups is 1. The third kappa shape index (κ3) is 4.18. The van der Waals surface area contributed by atoms with Crippen molar-refractivity contribution >= 4 is 17.7 Å². The van der Waals surface area contributed by atoms with E-state index in [2.05, 4.69) is 10.6 Å². The monoisotopic (exact) mass is 300 g/mol. The Morgan fingerprint density at radius 1 is 1.55 bits per heavy atom. The molecule has 0 bridgehead atoms. The van der Waals surface area contributed by atoms with E-state index in [-0.39, 0.29) is 11.9 Å². The van der Waals surface area contributed by atoms with Crippen LogP contribution in [0.5, 0.6) is 0 Å². The van der Waals surface area contributed by atoms with Crippen LogP contribution in [0.15, 0.2) is 18.2 Å². The van der Waals surface area contributed by atoms with Crippen molar-refractivity contribution in [2.24, 2.45) is 0 Å². The van der Waals surface area contributed by atoms with Gasteiger partial charge in [0.1, 0.15) is 11.6 Å². The predicted molar refractivity (Wildman–Crippen MR) is 76.6 cm³/mol. The summed E-state index contributed by atoms with van der Waals surface area (Å²) in [5.41, 5.74) is 0.297. The summed E-state index contributed by atoms with van der Waals surface area (Å²) in [6, 6.07) is 3.08. The van der Waals surface area contributed by atoms with Gasteiger partial charge >= 0.3 is 0 Å². The van der Waals surface area contributed by atoms with E-state index in [1.54, 1.807) is 6.92 Å². The summed E-state index contributed by atoms with van der Waals surface area (Å²) >= 11 is 1.82. The first kappa shape index (κ1) is 15.3. The van der Waals surface area contributed by atoms with E-state index in [0.717, 1.165) is 24.1 Å². The fraction of sp³-hybridized carbons (Fsp3) is 0.500. The van der Waals surface area contributed by atoms with Gasteiger partial charge in [0, 0.05) is 42.1 Å². The first-order valence-electron chi connectivity index (χ1n) is 6.61. The number of hydrogen-bond donors (Lipinski definition) is 2. The van der Waals surface area contributed by atoms with Crippen LogP contribution in [-0.2, 0) is 4.79 Å². The van der Waals surface area contributed by atoms with Crippen LogP contribution in [0.25, 0.3) is 0 Å². The summed E-state index contributed by atoms with van der Waals surface area (Å²) in [5.74, 6) is 0.598. The molecule has 1 heterocycles. The molecule has 1 aromatic rings. The standard InChI is InChI=1S/C14H18F2N2OS/c1-9(12-3-2-10(15)6-13(12)16)18-14(19)7-11-8-20-5-4-17-11/h2-3,6,9,11,17H,4-5,7-8H2,1H3,(H,18,19). The minimum Gasteiger partial charge on any atom is -0.349 e. The van der Waals surface area contributed by atoms with Crippen LogP contribution in [0.1, 0.15) is 24.9 Å². The topological polar surface area (TPSA) is 41.1 Å². The molecule has 3 nitrogen and oxygen atoms in total. The summed E-state index contributed by atoms with van der Waals surface area (Å²) in [6.07, 6.45) is 0.375. The lowest BCUT2D eigenvalue weighted by Crippen LogP contribution is -2.41. The molecule has 110 valence electrons. The van der Waals surface area contributed by atoms with Gasteiger partial charge in [0.15, 0.2) is 0 Å². The van der Waals surface area contributed by atoms with Crippen LogP contribution in [0, 0.1) is 11.6 Å². The lowest BCUT2D eigenvalue weighted by atomic mass is 10.1. The molecule has 20 heavy (non-hydrogen) atoms. The molecule has 0 spiro atoms. The Kier molecular flexibility index (Phi) is 5.37. The highest BCUT2D eigenvalue weighted by atomic mass is 32.2. The Balaban J connectivity index is 1.89. The van der Waals surface area contributed by atoms with Gasteiger partial charge in [-0.25, -0.2) is 8.78 Å². The lowest BCUT2D eigenvalue weighted by Gasteiger charge is -2.23. The first-order chi connectivity index (χ1) is 9.56. The fourth-order valence-electron chi connectivity index (χ4n) is 2.21. The largest absolute Gasteiger partial charge is 0.349 e. The smallest absolute Gasteiger partial charge is 0.222 e. The maximum atomic E-state index is 13.6. The highest BCUT2D eigenvalue weighted by Gasteiger charge is 2.19.